The van der Waals surface area contributed by atoms with Gasteiger partial charge in [0.15, 0.2) is 0 Å². The van der Waals surface area contributed by atoms with E-state index in [1.165, 1.54) is 25.7 Å². The van der Waals surface area contributed by atoms with Crippen molar-refractivity contribution in [2.75, 3.05) is 13.6 Å². The molecule has 0 spiro atoms. The van der Waals surface area contributed by atoms with Gasteiger partial charge >= 0.3 is 0 Å². The largest absolute Gasteiger partial charge is 0.508 e. The summed E-state index contributed by atoms with van der Waals surface area (Å²) < 4.78 is 16.3. The minimum atomic E-state index is -1.07. The summed E-state index contributed by atoms with van der Waals surface area (Å²) in [7, 11) is 1.92. The second kappa shape index (κ2) is 13.9. The maximum absolute atomic E-state index is 16.3. The molecule has 224 valence electrons. The summed E-state index contributed by atoms with van der Waals surface area (Å²) in [5, 5.41) is 20.9. The lowest BCUT2D eigenvalue weighted by Gasteiger charge is -2.53. The van der Waals surface area contributed by atoms with Crippen LogP contribution >= 0.6 is 0 Å². The molecule has 2 fully saturated rings. The van der Waals surface area contributed by atoms with Gasteiger partial charge in [-0.1, -0.05) is 77.9 Å². The average molecular weight is 556 g/mol. The van der Waals surface area contributed by atoms with Crippen molar-refractivity contribution in [3.63, 3.8) is 0 Å². The smallest absolute Gasteiger partial charge is 0.222 e. The van der Waals surface area contributed by atoms with Crippen molar-refractivity contribution in [3.8, 4) is 5.75 Å². The summed E-state index contributed by atoms with van der Waals surface area (Å²) in [4.78, 5) is 14.0. The molecule has 0 aromatic heterocycles. The van der Waals surface area contributed by atoms with Gasteiger partial charge in [-0.3, -0.25) is 4.79 Å². The van der Waals surface area contributed by atoms with E-state index < -0.39 is 12.3 Å². The molecule has 0 bridgehead atoms. The molecular weight excluding hydrogens is 501 g/mol. The first-order chi connectivity index (χ1) is 19.2. The Morgan fingerprint density at radius 1 is 1.07 bits per heavy atom. The van der Waals surface area contributed by atoms with Gasteiger partial charge < -0.3 is 15.1 Å². The van der Waals surface area contributed by atoms with Crippen LogP contribution in [0, 0.1) is 23.2 Å². The highest BCUT2D eigenvalue weighted by Crippen LogP contribution is 2.66. The Morgan fingerprint density at radius 2 is 1.75 bits per heavy atom. The number of carbonyl (C=O) groups excluding carboxylic acids is 1. The molecule has 7 atom stereocenters. The molecule has 3 aliphatic carbocycles. The quantitative estimate of drug-likeness (QED) is 0.178. The lowest BCUT2D eigenvalue weighted by atomic mass is 9.51. The second-order valence-corrected chi connectivity index (χ2v) is 13.4. The SMILES string of the molecule is C=C1[C@H](O)CC2C3C(CC[C@]12C)c1ccc(O)cc1[C@H](F)C3CCCCCCCCCCC(=O)N(C)CCCC. The van der Waals surface area contributed by atoms with Crippen LogP contribution in [-0.4, -0.2) is 40.7 Å². The van der Waals surface area contributed by atoms with E-state index in [-0.39, 0.29) is 34.8 Å². The Bertz CT molecular complexity index is 1010. The van der Waals surface area contributed by atoms with Gasteiger partial charge in [-0.05, 0) is 96.4 Å². The van der Waals surface area contributed by atoms with E-state index in [0.29, 0.717) is 24.3 Å². The van der Waals surface area contributed by atoms with Crippen molar-refractivity contribution in [2.24, 2.45) is 23.2 Å². The molecular formula is C35H54FNO3. The fourth-order valence-electron chi connectivity index (χ4n) is 8.41. The van der Waals surface area contributed by atoms with Crippen LogP contribution in [0.4, 0.5) is 4.39 Å². The highest BCUT2D eigenvalue weighted by molar-refractivity contribution is 5.75. The van der Waals surface area contributed by atoms with Crippen LogP contribution < -0.4 is 0 Å². The summed E-state index contributed by atoms with van der Waals surface area (Å²) in [6.07, 6.45) is 13.8. The van der Waals surface area contributed by atoms with E-state index in [0.717, 1.165) is 75.5 Å². The van der Waals surface area contributed by atoms with Crippen molar-refractivity contribution >= 4 is 5.91 Å². The molecule has 4 unspecified atom stereocenters. The zero-order chi connectivity index (χ0) is 28.9. The Balaban J connectivity index is 1.25. The number of aromatic hydroxyl groups is 1. The average Bonchev–Trinajstić information content (AvgIpc) is 3.17. The van der Waals surface area contributed by atoms with Crippen molar-refractivity contribution in [3.05, 3.63) is 41.5 Å². The zero-order valence-electron chi connectivity index (χ0n) is 25.3. The third-order valence-electron chi connectivity index (χ3n) is 10.9. The zero-order valence-corrected chi connectivity index (χ0v) is 25.3. The number of alkyl halides is 1. The Hall–Kier alpha value is -1.88. The normalized spacial score (nSPS) is 31.0. The van der Waals surface area contributed by atoms with Gasteiger partial charge in [0.05, 0.1) is 6.10 Å². The summed E-state index contributed by atoms with van der Waals surface area (Å²) in [5.74, 6) is 1.12. The predicted octanol–water partition coefficient (Wildman–Crippen LogP) is 8.63. The van der Waals surface area contributed by atoms with E-state index in [9.17, 15) is 15.0 Å². The molecule has 1 aromatic carbocycles. The molecule has 2 saturated carbocycles. The number of aliphatic hydroxyl groups is 1. The van der Waals surface area contributed by atoms with Crippen LogP contribution in [-0.2, 0) is 4.79 Å². The van der Waals surface area contributed by atoms with Crippen LogP contribution in [0.3, 0.4) is 0 Å². The number of hydrogen-bond acceptors (Lipinski definition) is 3. The predicted molar refractivity (Wildman–Crippen MR) is 161 cm³/mol. The fraction of sp³-hybridized carbons (Fsp3) is 0.743. The van der Waals surface area contributed by atoms with Crippen molar-refractivity contribution < 1.29 is 19.4 Å². The Labute approximate surface area is 242 Å². The number of phenols is 1. The van der Waals surface area contributed by atoms with Crippen LogP contribution in [0.15, 0.2) is 30.4 Å². The minimum Gasteiger partial charge on any atom is -0.508 e. The van der Waals surface area contributed by atoms with Gasteiger partial charge in [0.2, 0.25) is 5.91 Å². The van der Waals surface area contributed by atoms with Crippen LogP contribution in [0.5, 0.6) is 5.75 Å². The molecule has 2 N–H and O–H groups in total. The molecule has 1 aromatic rings. The standard InChI is InChI=1S/C35H54FNO3/c1-5-6-21-37(4)32(40)16-14-12-10-8-7-9-11-13-15-28-33-27(26-18-17-25(38)22-29(26)34(28)36)19-20-35(3)24(2)31(39)23-30(33)35/h17-18,22,27-28,30-31,33-34,38-39H,2,5-16,19-21,23H2,1,3-4H3/t27?,28?,30?,31-,33?,34-,35-/m1/s1. The number of phenolic OH excluding ortho intramolecular Hbond substituents is 1. The van der Waals surface area contributed by atoms with E-state index >= 15 is 4.39 Å². The summed E-state index contributed by atoms with van der Waals surface area (Å²) >= 11 is 0. The molecule has 1 amide bonds. The first kappa shape index (κ1) is 31.1. The monoisotopic (exact) mass is 555 g/mol. The van der Waals surface area contributed by atoms with E-state index in [2.05, 4.69) is 20.4 Å². The molecule has 4 rings (SSSR count). The third-order valence-corrected chi connectivity index (χ3v) is 10.9. The molecule has 0 radical (unpaired) electrons. The molecule has 3 aliphatic rings. The lowest BCUT2D eigenvalue weighted by Crippen LogP contribution is -2.45. The Kier molecular flexibility index (Phi) is 10.8. The summed E-state index contributed by atoms with van der Waals surface area (Å²) in [5.41, 5.74) is 2.62. The number of amides is 1. The molecule has 0 aliphatic heterocycles. The van der Waals surface area contributed by atoms with E-state index in [1.54, 1.807) is 12.1 Å². The number of halogens is 1. The number of benzene rings is 1. The fourth-order valence-corrected chi connectivity index (χ4v) is 8.41. The summed E-state index contributed by atoms with van der Waals surface area (Å²) in [6.45, 7) is 9.55. The number of fused-ring (bicyclic) bond motifs is 5. The molecule has 40 heavy (non-hydrogen) atoms. The third kappa shape index (κ3) is 6.61. The van der Waals surface area contributed by atoms with E-state index in [1.807, 2.05) is 18.0 Å². The van der Waals surface area contributed by atoms with Gasteiger partial charge in [-0.25, -0.2) is 4.39 Å². The topological polar surface area (TPSA) is 60.8 Å². The Morgan fingerprint density at radius 3 is 2.45 bits per heavy atom. The van der Waals surface area contributed by atoms with E-state index in [4.69, 9.17) is 0 Å². The number of hydrogen-bond donors (Lipinski definition) is 2. The molecule has 0 saturated heterocycles. The number of unbranched alkanes of at least 4 members (excludes halogenated alkanes) is 8. The highest BCUT2D eigenvalue weighted by Gasteiger charge is 2.58. The maximum Gasteiger partial charge on any atom is 0.222 e. The minimum absolute atomic E-state index is 0.0741. The van der Waals surface area contributed by atoms with Gasteiger partial charge in [-0.2, -0.15) is 0 Å². The lowest BCUT2D eigenvalue weighted by molar-refractivity contribution is -0.130. The van der Waals surface area contributed by atoms with Gasteiger partial charge in [-0.15, -0.1) is 0 Å². The first-order valence-electron chi connectivity index (χ1n) is 16.3. The molecule has 0 heterocycles. The van der Waals surface area contributed by atoms with Crippen LogP contribution in [0.25, 0.3) is 0 Å². The van der Waals surface area contributed by atoms with Crippen molar-refractivity contribution in [2.45, 2.75) is 128 Å². The number of carbonyl (C=O) groups is 1. The first-order valence-corrected chi connectivity index (χ1v) is 16.3. The number of rotatable bonds is 14. The number of nitrogens with zero attached hydrogens (tertiary/aromatic N) is 1. The van der Waals surface area contributed by atoms with Crippen LogP contribution in [0.1, 0.15) is 133 Å². The van der Waals surface area contributed by atoms with Gasteiger partial charge in [0, 0.05) is 20.0 Å². The molecule has 4 nitrogen and oxygen atoms in total. The number of aliphatic hydroxyl groups excluding tert-OH is 1. The van der Waals surface area contributed by atoms with Crippen molar-refractivity contribution in [1.82, 2.24) is 4.90 Å². The van der Waals surface area contributed by atoms with Gasteiger partial charge in [0.1, 0.15) is 11.9 Å². The van der Waals surface area contributed by atoms with Crippen LogP contribution in [0.2, 0.25) is 0 Å². The second-order valence-electron chi connectivity index (χ2n) is 13.4. The maximum atomic E-state index is 16.3. The highest BCUT2D eigenvalue weighted by atomic mass is 19.1. The summed E-state index contributed by atoms with van der Waals surface area (Å²) in [6, 6.07) is 5.33. The molecule has 5 heteroatoms. The van der Waals surface area contributed by atoms with Gasteiger partial charge in [0.25, 0.3) is 0 Å². The van der Waals surface area contributed by atoms with Crippen molar-refractivity contribution in [1.29, 1.82) is 0 Å².